The number of carbonyl (C=O) groups is 1. The van der Waals surface area contributed by atoms with Crippen LogP contribution < -0.4 is 9.47 Å². The van der Waals surface area contributed by atoms with Crippen molar-refractivity contribution in [1.29, 1.82) is 0 Å². The third-order valence-corrected chi connectivity index (χ3v) is 4.59. The van der Waals surface area contributed by atoms with Gasteiger partial charge in [-0.15, -0.1) is 0 Å². The highest BCUT2D eigenvalue weighted by Gasteiger charge is 2.09. The van der Waals surface area contributed by atoms with E-state index in [1.54, 1.807) is 6.07 Å². The Hall–Kier alpha value is -2.38. The maximum atomic E-state index is 11.8. The van der Waals surface area contributed by atoms with Crippen LogP contribution in [-0.2, 0) is 14.9 Å². The van der Waals surface area contributed by atoms with E-state index in [4.69, 9.17) is 9.47 Å². The molecule has 0 aliphatic rings. The van der Waals surface area contributed by atoms with Crippen LogP contribution in [0.5, 0.6) is 11.5 Å². The summed E-state index contributed by atoms with van der Waals surface area (Å²) in [5.41, 5.74) is 1.13. The minimum absolute atomic E-state index is 0.134. The largest absolute Gasteiger partial charge is 0.744 e. The summed E-state index contributed by atoms with van der Waals surface area (Å²) < 4.78 is 43.0. The van der Waals surface area contributed by atoms with Crippen LogP contribution >= 0.6 is 0 Å². The van der Waals surface area contributed by atoms with Crippen molar-refractivity contribution in [2.24, 2.45) is 0 Å². The van der Waals surface area contributed by atoms with Gasteiger partial charge in [0, 0.05) is 0 Å². The maximum absolute atomic E-state index is 11.8. The second-order valence-electron chi connectivity index (χ2n) is 5.57. The molecule has 6 nitrogen and oxygen atoms in total. The SMILES string of the molecule is CCC(C)c1cccc(OCC(=O)Oc2ccc(S(=O)(=O)[O-])cc2)c1. The predicted octanol–water partition coefficient (Wildman–Crippen LogP) is 3.09. The zero-order valence-electron chi connectivity index (χ0n) is 14.0. The fraction of sp³-hybridized carbons (Fsp3) is 0.278. The summed E-state index contributed by atoms with van der Waals surface area (Å²) in [5.74, 6) is 0.467. The molecule has 0 aromatic heterocycles. The molecule has 134 valence electrons. The van der Waals surface area contributed by atoms with Gasteiger partial charge in [-0.25, -0.2) is 13.2 Å². The molecule has 1 unspecified atom stereocenters. The van der Waals surface area contributed by atoms with E-state index in [9.17, 15) is 17.8 Å². The fourth-order valence-corrected chi connectivity index (χ4v) is 2.59. The lowest BCUT2D eigenvalue weighted by atomic mass is 9.99. The van der Waals surface area contributed by atoms with Crippen molar-refractivity contribution >= 4 is 16.1 Å². The van der Waals surface area contributed by atoms with E-state index in [2.05, 4.69) is 13.8 Å². The van der Waals surface area contributed by atoms with E-state index in [0.717, 1.165) is 24.1 Å². The Morgan fingerprint density at radius 1 is 1.12 bits per heavy atom. The molecule has 0 N–H and O–H groups in total. The molecule has 0 amide bonds. The van der Waals surface area contributed by atoms with Crippen LogP contribution in [0.3, 0.4) is 0 Å². The molecular weight excluding hydrogens is 344 g/mol. The molecule has 0 saturated carbocycles. The van der Waals surface area contributed by atoms with Crippen molar-refractivity contribution in [3.05, 3.63) is 54.1 Å². The highest BCUT2D eigenvalue weighted by atomic mass is 32.2. The van der Waals surface area contributed by atoms with Crippen LogP contribution in [0.15, 0.2) is 53.4 Å². The number of carbonyl (C=O) groups excluding carboxylic acids is 1. The predicted molar refractivity (Wildman–Crippen MR) is 90.7 cm³/mol. The van der Waals surface area contributed by atoms with Crippen molar-refractivity contribution < 1.29 is 27.2 Å². The molecule has 2 rings (SSSR count). The molecule has 0 radical (unpaired) electrons. The number of benzene rings is 2. The van der Waals surface area contributed by atoms with Gasteiger partial charge >= 0.3 is 5.97 Å². The first-order valence-electron chi connectivity index (χ1n) is 7.79. The Labute approximate surface area is 147 Å². The summed E-state index contributed by atoms with van der Waals surface area (Å²) in [7, 11) is -4.52. The molecule has 0 aliphatic heterocycles. The smallest absolute Gasteiger partial charge is 0.349 e. The second kappa shape index (κ2) is 8.13. The third kappa shape index (κ3) is 5.58. The van der Waals surface area contributed by atoms with Crippen LogP contribution in [0.25, 0.3) is 0 Å². The first-order chi connectivity index (χ1) is 11.8. The van der Waals surface area contributed by atoms with Crippen LogP contribution in [-0.4, -0.2) is 25.5 Å². The highest BCUT2D eigenvalue weighted by molar-refractivity contribution is 7.85. The summed E-state index contributed by atoms with van der Waals surface area (Å²) >= 11 is 0. The first-order valence-corrected chi connectivity index (χ1v) is 9.20. The van der Waals surface area contributed by atoms with Crippen molar-refractivity contribution in [3.8, 4) is 11.5 Å². The minimum atomic E-state index is -4.52. The van der Waals surface area contributed by atoms with Gasteiger partial charge in [0.05, 0.1) is 4.90 Å². The number of esters is 1. The zero-order valence-corrected chi connectivity index (χ0v) is 14.8. The van der Waals surface area contributed by atoms with E-state index in [1.807, 2.05) is 18.2 Å². The molecule has 0 heterocycles. The molecule has 0 bridgehead atoms. The maximum Gasteiger partial charge on any atom is 0.349 e. The van der Waals surface area contributed by atoms with Gasteiger partial charge in [-0.2, -0.15) is 0 Å². The Kier molecular flexibility index (Phi) is 6.17. The summed E-state index contributed by atoms with van der Waals surface area (Å²) in [6.07, 6.45) is 1.00. The van der Waals surface area contributed by atoms with E-state index in [1.165, 1.54) is 12.1 Å². The van der Waals surface area contributed by atoms with E-state index >= 15 is 0 Å². The molecular formula is C18H19O6S-. The molecule has 2 aromatic rings. The monoisotopic (exact) mass is 363 g/mol. The van der Waals surface area contributed by atoms with Gasteiger partial charge < -0.3 is 14.0 Å². The van der Waals surface area contributed by atoms with Crippen molar-refractivity contribution in [2.75, 3.05) is 6.61 Å². The van der Waals surface area contributed by atoms with Crippen LogP contribution in [0.1, 0.15) is 31.7 Å². The Morgan fingerprint density at radius 3 is 2.40 bits per heavy atom. The van der Waals surface area contributed by atoms with Gasteiger partial charge in [0.2, 0.25) is 0 Å². The summed E-state index contributed by atoms with van der Waals surface area (Å²) in [5, 5.41) is 0. The van der Waals surface area contributed by atoms with Gasteiger partial charge in [0.25, 0.3) is 0 Å². The molecule has 0 aliphatic carbocycles. The molecule has 0 fully saturated rings. The minimum Gasteiger partial charge on any atom is -0.744 e. The summed E-state index contributed by atoms with van der Waals surface area (Å²) in [6.45, 7) is 3.92. The van der Waals surface area contributed by atoms with Crippen molar-refractivity contribution in [1.82, 2.24) is 0 Å². The number of ether oxygens (including phenoxy) is 2. The molecule has 0 spiro atoms. The Morgan fingerprint density at radius 2 is 1.80 bits per heavy atom. The van der Waals surface area contributed by atoms with Gasteiger partial charge in [-0.3, -0.25) is 0 Å². The average molecular weight is 363 g/mol. The lowest BCUT2D eigenvalue weighted by Gasteiger charge is -2.12. The quantitative estimate of drug-likeness (QED) is 0.426. The lowest BCUT2D eigenvalue weighted by Crippen LogP contribution is -2.17. The number of hydrogen-bond acceptors (Lipinski definition) is 6. The zero-order chi connectivity index (χ0) is 18.4. The average Bonchev–Trinajstić information content (AvgIpc) is 2.59. The van der Waals surface area contributed by atoms with E-state index in [-0.39, 0.29) is 17.3 Å². The van der Waals surface area contributed by atoms with Gasteiger partial charge in [-0.1, -0.05) is 26.0 Å². The molecule has 0 saturated heterocycles. The van der Waals surface area contributed by atoms with Gasteiger partial charge in [-0.05, 0) is 54.3 Å². The topological polar surface area (TPSA) is 92.7 Å². The third-order valence-electron chi connectivity index (χ3n) is 3.74. The second-order valence-corrected chi connectivity index (χ2v) is 6.95. The summed E-state index contributed by atoms with van der Waals surface area (Å²) in [6, 6.07) is 12.2. The molecule has 2 aromatic carbocycles. The summed E-state index contributed by atoms with van der Waals surface area (Å²) in [4.78, 5) is 11.4. The Balaban J connectivity index is 1.93. The van der Waals surface area contributed by atoms with E-state index in [0.29, 0.717) is 11.7 Å². The van der Waals surface area contributed by atoms with Gasteiger partial charge in [0.1, 0.15) is 21.6 Å². The normalized spacial score (nSPS) is 12.4. The number of hydrogen-bond donors (Lipinski definition) is 0. The van der Waals surface area contributed by atoms with Crippen LogP contribution in [0.4, 0.5) is 0 Å². The molecule has 1 atom stereocenters. The molecule has 25 heavy (non-hydrogen) atoms. The van der Waals surface area contributed by atoms with Crippen LogP contribution in [0.2, 0.25) is 0 Å². The fourth-order valence-electron chi connectivity index (χ4n) is 2.12. The van der Waals surface area contributed by atoms with Crippen molar-refractivity contribution in [3.63, 3.8) is 0 Å². The molecule has 7 heteroatoms. The standard InChI is InChI=1S/C18H20O6S/c1-3-13(2)14-5-4-6-16(11-14)23-12-18(19)24-15-7-9-17(10-8-15)25(20,21)22/h4-11,13H,3,12H2,1-2H3,(H,20,21,22)/p-1. The lowest BCUT2D eigenvalue weighted by molar-refractivity contribution is -0.136. The van der Waals surface area contributed by atoms with Crippen LogP contribution in [0, 0.1) is 0 Å². The number of rotatable bonds is 7. The van der Waals surface area contributed by atoms with Gasteiger partial charge in [0.15, 0.2) is 6.61 Å². The van der Waals surface area contributed by atoms with Crippen molar-refractivity contribution in [2.45, 2.75) is 31.1 Å². The highest BCUT2D eigenvalue weighted by Crippen LogP contribution is 2.23. The Bertz CT molecular complexity index is 827. The van der Waals surface area contributed by atoms with E-state index < -0.39 is 16.1 Å². The first kappa shape index (κ1) is 19.0.